The molecule has 3 aromatic heterocycles. The van der Waals surface area contributed by atoms with Crippen molar-refractivity contribution in [3.63, 3.8) is 0 Å². The van der Waals surface area contributed by atoms with Crippen LogP contribution in [0.2, 0.25) is 0 Å². The zero-order valence-corrected chi connectivity index (χ0v) is 22.1. The van der Waals surface area contributed by atoms with E-state index in [9.17, 15) is 0 Å². The van der Waals surface area contributed by atoms with Crippen LogP contribution in [0.25, 0.3) is 22.4 Å². The largest absolute Gasteiger partial charge is 0.489 e. The van der Waals surface area contributed by atoms with E-state index in [1.807, 2.05) is 18.2 Å². The van der Waals surface area contributed by atoms with Gasteiger partial charge in [-0.25, -0.2) is 4.98 Å². The van der Waals surface area contributed by atoms with Crippen molar-refractivity contribution >= 4 is 28.4 Å². The number of pyridine rings is 2. The highest BCUT2D eigenvalue weighted by atomic mass is 32.1. The second-order valence-electron chi connectivity index (χ2n) is 9.79. The second kappa shape index (κ2) is 10.4. The summed E-state index contributed by atoms with van der Waals surface area (Å²) in [5.41, 5.74) is 15.6. The summed E-state index contributed by atoms with van der Waals surface area (Å²) in [5.74, 6) is 0.732. The molecule has 0 unspecified atom stereocenters. The minimum absolute atomic E-state index is 0.187. The third-order valence-electron chi connectivity index (χ3n) is 7.15. The van der Waals surface area contributed by atoms with Gasteiger partial charge in [-0.1, -0.05) is 12.1 Å². The molecule has 0 spiro atoms. The highest BCUT2D eigenvalue weighted by Crippen LogP contribution is 2.37. The fourth-order valence-corrected chi connectivity index (χ4v) is 5.79. The number of nitrogens with one attached hydrogen (secondary N) is 3. The van der Waals surface area contributed by atoms with Gasteiger partial charge in [-0.15, -0.1) is 0 Å². The molecular weight excluding hydrogens is 492 g/mol. The Morgan fingerprint density at radius 2 is 1.97 bits per heavy atom. The van der Waals surface area contributed by atoms with E-state index in [-0.39, 0.29) is 11.8 Å². The molecule has 4 aromatic rings. The summed E-state index contributed by atoms with van der Waals surface area (Å²) < 4.78 is 6.18. The number of benzene rings is 1. The number of thiophene rings is 1. The van der Waals surface area contributed by atoms with E-state index in [1.54, 1.807) is 23.7 Å². The van der Waals surface area contributed by atoms with Gasteiger partial charge >= 0.3 is 0 Å². The predicted octanol–water partition coefficient (Wildman–Crippen LogP) is 5.90. The summed E-state index contributed by atoms with van der Waals surface area (Å²) in [6, 6.07) is 14.1. The van der Waals surface area contributed by atoms with Crippen molar-refractivity contribution in [1.82, 2.24) is 15.3 Å². The first-order chi connectivity index (χ1) is 18.6. The van der Waals surface area contributed by atoms with Crippen LogP contribution in [-0.2, 0) is 6.42 Å². The van der Waals surface area contributed by atoms with Crippen LogP contribution < -0.4 is 21.1 Å². The van der Waals surface area contributed by atoms with E-state index in [2.05, 4.69) is 57.6 Å². The van der Waals surface area contributed by atoms with Crippen molar-refractivity contribution < 1.29 is 4.74 Å². The van der Waals surface area contributed by atoms with Crippen molar-refractivity contribution in [3.05, 3.63) is 88.1 Å². The third-order valence-corrected chi connectivity index (χ3v) is 7.83. The number of fused-ring (bicyclic) bond motifs is 1. The van der Waals surface area contributed by atoms with Gasteiger partial charge in [-0.05, 0) is 103 Å². The summed E-state index contributed by atoms with van der Waals surface area (Å²) in [7, 11) is 0. The molecule has 0 amide bonds. The number of nitrogen functional groups attached to an aromatic ring is 1. The van der Waals surface area contributed by atoms with Crippen LogP contribution in [0.5, 0.6) is 5.75 Å². The molecular formula is C30H30N6OS. The average Bonchev–Trinajstić information content (AvgIpc) is 3.48. The number of hydrogen-bond donors (Lipinski definition) is 4. The van der Waals surface area contributed by atoms with E-state index in [0.29, 0.717) is 17.1 Å². The number of nitrogens with two attached hydrogens (primary N) is 1. The van der Waals surface area contributed by atoms with Crippen LogP contribution in [0.15, 0.2) is 76.9 Å². The van der Waals surface area contributed by atoms with Crippen molar-refractivity contribution in [1.29, 1.82) is 5.41 Å². The highest BCUT2D eigenvalue weighted by molar-refractivity contribution is 7.08. The maximum absolute atomic E-state index is 9.09. The molecule has 0 bridgehead atoms. The molecule has 1 aromatic carbocycles. The fraction of sp³-hybridized carbons (Fsp3) is 0.233. The van der Waals surface area contributed by atoms with E-state index >= 15 is 0 Å². The van der Waals surface area contributed by atoms with Crippen LogP contribution in [0, 0.1) is 5.41 Å². The minimum Gasteiger partial charge on any atom is -0.489 e. The smallest absolute Gasteiger partial charge is 0.138 e. The van der Waals surface area contributed by atoms with Crippen LogP contribution in [0.3, 0.4) is 0 Å². The number of hydrogen-bond acceptors (Lipinski definition) is 8. The van der Waals surface area contributed by atoms with Crippen LogP contribution >= 0.6 is 11.3 Å². The number of ether oxygens (including phenoxy) is 1. The Bertz CT molecular complexity index is 1520. The van der Waals surface area contributed by atoms with Crippen molar-refractivity contribution in [2.75, 3.05) is 24.1 Å². The Balaban J connectivity index is 1.28. The SMILES string of the molecule is CC1=C(C(=N)c2nc(-c3cncc(OC4CCNCC4)c3)ccc2N)Nc2cccc(-c3ccsc3)c2C1. The van der Waals surface area contributed by atoms with E-state index in [0.717, 1.165) is 60.6 Å². The van der Waals surface area contributed by atoms with Gasteiger partial charge in [0, 0.05) is 17.4 Å². The summed E-state index contributed by atoms with van der Waals surface area (Å²) in [6.45, 7) is 3.99. The Hall–Kier alpha value is -4.01. The van der Waals surface area contributed by atoms with Gasteiger partial charge in [0.25, 0.3) is 0 Å². The summed E-state index contributed by atoms with van der Waals surface area (Å²) in [5, 5.41) is 20.2. The monoisotopic (exact) mass is 522 g/mol. The number of allylic oxidation sites excluding steroid dienone is 2. The van der Waals surface area contributed by atoms with Gasteiger partial charge in [-0.2, -0.15) is 11.3 Å². The van der Waals surface area contributed by atoms with Crippen LogP contribution in [0.4, 0.5) is 11.4 Å². The molecule has 5 N–H and O–H groups in total. The average molecular weight is 523 g/mol. The van der Waals surface area contributed by atoms with Crippen LogP contribution in [-0.4, -0.2) is 34.9 Å². The van der Waals surface area contributed by atoms with Gasteiger partial charge in [0.15, 0.2) is 0 Å². The first kappa shape index (κ1) is 24.3. The molecule has 5 heterocycles. The highest BCUT2D eigenvalue weighted by Gasteiger charge is 2.24. The third kappa shape index (κ3) is 4.80. The molecule has 0 atom stereocenters. The zero-order chi connectivity index (χ0) is 26.1. The van der Waals surface area contributed by atoms with Crippen molar-refractivity contribution in [2.24, 2.45) is 0 Å². The Morgan fingerprint density at radius 1 is 1.11 bits per heavy atom. The predicted molar refractivity (Wildman–Crippen MR) is 155 cm³/mol. The number of anilines is 2. The van der Waals surface area contributed by atoms with Gasteiger partial charge < -0.3 is 21.1 Å². The number of nitrogens with zero attached hydrogens (tertiary/aromatic N) is 2. The lowest BCUT2D eigenvalue weighted by molar-refractivity contribution is 0.162. The maximum Gasteiger partial charge on any atom is 0.138 e. The standard InChI is InChI=1S/C30H30N6OS/c1-18-13-24-23(19-9-12-38-17-19)3-2-4-27(24)36-29(18)28(32)30-25(31)5-6-26(35-30)20-14-22(16-34-15-20)37-21-7-10-33-11-8-21/h2-6,9,12,14-17,21,32-33,36H,7-8,10-11,13,31H2,1H3. The van der Waals surface area contributed by atoms with Crippen molar-refractivity contribution in [2.45, 2.75) is 32.3 Å². The molecule has 1 fully saturated rings. The van der Waals surface area contributed by atoms with E-state index < -0.39 is 0 Å². The minimum atomic E-state index is 0.187. The lowest BCUT2D eigenvalue weighted by Gasteiger charge is -2.26. The summed E-state index contributed by atoms with van der Waals surface area (Å²) in [4.78, 5) is 9.22. The lowest BCUT2D eigenvalue weighted by atomic mass is 9.90. The normalized spacial score (nSPS) is 15.6. The first-order valence-corrected chi connectivity index (χ1v) is 13.8. The Morgan fingerprint density at radius 3 is 2.79 bits per heavy atom. The number of rotatable bonds is 6. The second-order valence-corrected chi connectivity index (χ2v) is 10.6. The molecule has 192 valence electrons. The van der Waals surface area contributed by atoms with Gasteiger partial charge in [0.2, 0.25) is 0 Å². The molecule has 7 nitrogen and oxygen atoms in total. The Kier molecular flexibility index (Phi) is 6.66. The quantitative estimate of drug-likeness (QED) is 0.235. The number of aromatic nitrogens is 2. The molecule has 8 heteroatoms. The number of piperidine rings is 1. The van der Waals surface area contributed by atoms with Crippen molar-refractivity contribution in [3.8, 4) is 28.1 Å². The summed E-state index contributed by atoms with van der Waals surface area (Å²) in [6.07, 6.45) is 6.41. The molecule has 0 aliphatic carbocycles. The van der Waals surface area contributed by atoms with Gasteiger partial charge in [-0.3, -0.25) is 10.4 Å². The van der Waals surface area contributed by atoms with Gasteiger partial charge in [0.1, 0.15) is 23.3 Å². The molecule has 2 aliphatic heterocycles. The topological polar surface area (TPSA) is 109 Å². The maximum atomic E-state index is 9.09. The molecule has 6 rings (SSSR count). The molecule has 2 aliphatic rings. The molecule has 0 radical (unpaired) electrons. The Labute approximate surface area is 226 Å². The summed E-state index contributed by atoms with van der Waals surface area (Å²) >= 11 is 1.70. The first-order valence-electron chi connectivity index (χ1n) is 12.9. The van der Waals surface area contributed by atoms with Gasteiger partial charge in [0.05, 0.1) is 23.3 Å². The van der Waals surface area contributed by atoms with Crippen LogP contribution in [0.1, 0.15) is 31.0 Å². The molecule has 1 saturated heterocycles. The molecule has 0 saturated carbocycles. The zero-order valence-electron chi connectivity index (χ0n) is 21.3. The molecule has 38 heavy (non-hydrogen) atoms. The fourth-order valence-electron chi connectivity index (χ4n) is 5.13. The van der Waals surface area contributed by atoms with E-state index in [1.165, 1.54) is 16.7 Å². The lowest BCUT2D eigenvalue weighted by Crippen LogP contribution is -2.34. The van der Waals surface area contributed by atoms with E-state index in [4.69, 9.17) is 20.9 Å².